The van der Waals surface area contributed by atoms with Gasteiger partial charge in [0.1, 0.15) is 4.88 Å². The third-order valence-corrected chi connectivity index (χ3v) is 6.69. The number of hydrogen-bond acceptors (Lipinski definition) is 3. The van der Waals surface area contributed by atoms with Gasteiger partial charge in [0.2, 0.25) is 0 Å². The van der Waals surface area contributed by atoms with Crippen LogP contribution < -0.4 is 10.6 Å². The molecule has 2 aromatic carbocycles. The molecular weight excluding hydrogens is 578 g/mol. The highest BCUT2D eigenvalue weighted by Crippen LogP contribution is 2.36. The molecule has 3 aromatic rings. The fourth-order valence-corrected chi connectivity index (χ4v) is 5.42. The predicted octanol–water partition coefficient (Wildman–Crippen LogP) is 6.70. The van der Waals surface area contributed by atoms with E-state index in [1.54, 1.807) is 18.2 Å². The van der Waals surface area contributed by atoms with Crippen molar-refractivity contribution in [3.63, 3.8) is 0 Å². The van der Waals surface area contributed by atoms with Crippen molar-refractivity contribution in [2.75, 3.05) is 5.32 Å². The van der Waals surface area contributed by atoms with Gasteiger partial charge in [-0.25, -0.2) is 0 Å². The molecule has 0 atom stereocenters. The number of nitrogens with one attached hydrogen (secondary N) is 2. The van der Waals surface area contributed by atoms with Crippen LogP contribution in [-0.2, 0) is 0 Å². The molecule has 0 radical (unpaired) electrons. The molecule has 0 bridgehead atoms. The Labute approximate surface area is 185 Å². The topological polar surface area (TPSA) is 41.1 Å². The molecule has 0 spiro atoms. The second-order valence-corrected chi connectivity index (χ2v) is 9.27. The zero-order chi connectivity index (χ0) is 18.1. The molecule has 2 N–H and O–H groups in total. The molecule has 0 aliphatic carbocycles. The van der Waals surface area contributed by atoms with Crippen molar-refractivity contribution in [2.24, 2.45) is 0 Å². The number of halogens is 4. The monoisotopic (exact) mass is 584 g/mol. The van der Waals surface area contributed by atoms with E-state index in [1.807, 2.05) is 18.2 Å². The van der Waals surface area contributed by atoms with E-state index >= 15 is 0 Å². The highest BCUT2D eigenvalue weighted by atomic mass is 127. The van der Waals surface area contributed by atoms with Gasteiger partial charge < -0.3 is 5.32 Å². The molecule has 1 heterocycles. The number of amides is 1. The van der Waals surface area contributed by atoms with E-state index in [2.05, 4.69) is 49.2 Å². The van der Waals surface area contributed by atoms with Crippen molar-refractivity contribution in [1.29, 1.82) is 0 Å². The van der Waals surface area contributed by atoms with Gasteiger partial charge in [-0.1, -0.05) is 45.2 Å². The average Bonchev–Trinajstić information content (AvgIpc) is 2.86. The van der Waals surface area contributed by atoms with E-state index in [0.717, 1.165) is 23.8 Å². The Morgan fingerprint density at radius 3 is 2.68 bits per heavy atom. The number of benzene rings is 2. The number of thiophene rings is 1. The van der Waals surface area contributed by atoms with E-state index in [-0.39, 0.29) is 11.0 Å². The normalized spacial score (nSPS) is 10.7. The summed E-state index contributed by atoms with van der Waals surface area (Å²) in [7, 11) is 0. The van der Waals surface area contributed by atoms with Gasteiger partial charge in [0, 0.05) is 23.2 Å². The molecule has 0 fully saturated rings. The van der Waals surface area contributed by atoms with Gasteiger partial charge in [0.25, 0.3) is 5.91 Å². The Morgan fingerprint density at radius 2 is 1.96 bits per heavy atom. The summed E-state index contributed by atoms with van der Waals surface area (Å²) < 4.78 is 2.79. The summed E-state index contributed by atoms with van der Waals surface area (Å²) in [4.78, 5) is 12.9. The van der Waals surface area contributed by atoms with Gasteiger partial charge in [-0.3, -0.25) is 10.1 Å². The first-order chi connectivity index (χ1) is 11.8. The van der Waals surface area contributed by atoms with Crippen LogP contribution in [0.2, 0.25) is 10.0 Å². The van der Waals surface area contributed by atoms with E-state index in [4.69, 9.17) is 35.4 Å². The van der Waals surface area contributed by atoms with Gasteiger partial charge in [-0.15, -0.1) is 11.3 Å². The first kappa shape index (κ1) is 19.3. The Morgan fingerprint density at radius 1 is 1.20 bits per heavy atom. The Bertz CT molecular complexity index is 1010. The largest absolute Gasteiger partial charge is 0.332 e. The molecule has 1 amide bonds. The smallest absolute Gasteiger partial charge is 0.269 e. The van der Waals surface area contributed by atoms with Crippen LogP contribution in [0, 0.1) is 3.57 Å². The molecule has 0 aliphatic rings. The Balaban J connectivity index is 1.77. The SMILES string of the molecule is O=C(NC(=S)Nc1ccc(Br)cc1I)c1sc2cc(Cl)ccc2c1Cl. The molecule has 0 unspecified atom stereocenters. The number of thiocarbonyl (C=S) groups is 1. The second kappa shape index (κ2) is 8.06. The van der Waals surface area contributed by atoms with Crippen LogP contribution in [0.25, 0.3) is 10.1 Å². The minimum absolute atomic E-state index is 0.205. The summed E-state index contributed by atoms with van der Waals surface area (Å²) in [6, 6.07) is 11.0. The lowest BCUT2D eigenvalue weighted by atomic mass is 10.2. The van der Waals surface area contributed by atoms with Crippen molar-refractivity contribution in [3.05, 3.63) is 59.4 Å². The van der Waals surface area contributed by atoms with Crippen molar-refractivity contribution in [3.8, 4) is 0 Å². The fraction of sp³-hybridized carbons (Fsp3) is 0. The lowest BCUT2D eigenvalue weighted by molar-refractivity contribution is 0.0982. The third-order valence-electron chi connectivity index (χ3n) is 3.20. The number of anilines is 1. The van der Waals surface area contributed by atoms with Crippen LogP contribution in [0.5, 0.6) is 0 Å². The second-order valence-electron chi connectivity index (χ2n) is 4.92. The average molecular weight is 586 g/mol. The first-order valence-electron chi connectivity index (χ1n) is 6.80. The summed E-state index contributed by atoms with van der Waals surface area (Å²) in [5.74, 6) is -0.355. The molecule has 9 heteroatoms. The van der Waals surface area contributed by atoms with Crippen molar-refractivity contribution < 1.29 is 4.79 Å². The molecule has 3 rings (SSSR count). The van der Waals surface area contributed by atoms with Gasteiger partial charge in [0.15, 0.2) is 5.11 Å². The number of hydrogen-bond donors (Lipinski definition) is 2. The molecule has 25 heavy (non-hydrogen) atoms. The molecule has 3 nitrogen and oxygen atoms in total. The third kappa shape index (κ3) is 4.45. The first-order valence-corrected chi connectivity index (χ1v) is 10.7. The minimum Gasteiger partial charge on any atom is -0.332 e. The van der Waals surface area contributed by atoms with Crippen molar-refractivity contribution >= 4 is 112 Å². The van der Waals surface area contributed by atoms with Crippen LogP contribution >= 0.6 is 85.3 Å². The number of rotatable bonds is 2. The standard InChI is InChI=1S/C16H8BrCl2IN2OS2/c17-7-1-4-11(10(20)5-7)21-16(24)22-15(23)14-13(19)9-3-2-8(18)6-12(9)25-14/h1-6H,(H2,21,22,23,24). The Hall–Kier alpha value is -0.450. The van der Waals surface area contributed by atoms with E-state index < -0.39 is 0 Å². The van der Waals surface area contributed by atoms with Crippen LogP contribution in [0.4, 0.5) is 5.69 Å². The molecule has 0 saturated carbocycles. The molecular formula is C16H8BrCl2IN2OS2. The molecule has 0 saturated heterocycles. The highest BCUT2D eigenvalue weighted by Gasteiger charge is 2.18. The van der Waals surface area contributed by atoms with E-state index in [1.165, 1.54) is 11.3 Å². The maximum atomic E-state index is 12.5. The van der Waals surface area contributed by atoms with E-state index in [0.29, 0.717) is 14.9 Å². The number of fused-ring (bicyclic) bond motifs is 1. The fourth-order valence-electron chi connectivity index (χ4n) is 2.09. The maximum Gasteiger partial charge on any atom is 0.269 e. The lowest BCUT2D eigenvalue weighted by Gasteiger charge is -2.11. The number of carbonyl (C=O) groups excluding carboxylic acids is 1. The van der Waals surface area contributed by atoms with E-state index in [9.17, 15) is 4.79 Å². The predicted molar refractivity (Wildman–Crippen MR) is 122 cm³/mol. The zero-order valence-electron chi connectivity index (χ0n) is 12.2. The lowest BCUT2D eigenvalue weighted by Crippen LogP contribution is -2.34. The highest BCUT2D eigenvalue weighted by molar-refractivity contribution is 14.1. The summed E-state index contributed by atoms with van der Waals surface area (Å²) >= 11 is 24.4. The molecule has 0 aliphatic heterocycles. The van der Waals surface area contributed by atoms with Gasteiger partial charge in [0.05, 0.1) is 10.7 Å². The molecule has 1 aromatic heterocycles. The van der Waals surface area contributed by atoms with Crippen LogP contribution in [0.1, 0.15) is 9.67 Å². The molecule has 128 valence electrons. The van der Waals surface area contributed by atoms with Gasteiger partial charge in [-0.05, 0) is 65.1 Å². The Kier molecular flexibility index (Phi) is 6.23. The minimum atomic E-state index is -0.355. The zero-order valence-corrected chi connectivity index (χ0v) is 19.1. The van der Waals surface area contributed by atoms with Crippen molar-refractivity contribution in [1.82, 2.24) is 5.32 Å². The van der Waals surface area contributed by atoms with Crippen LogP contribution in [-0.4, -0.2) is 11.0 Å². The van der Waals surface area contributed by atoms with Crippen LogP contribution in [0.3, 0.4) is 0 Å². The summed E-state index contributed by atoms with van der Waals surface area (Å²) in [6.07, 6.45) is 0. The number of carbonyl (C=O) groups is 1. The maximum absolute atomic E-state index is 12.5. The van der Waals surface area contributed by atoms with Crippen LogP contribution in [0.15, 0.2) is 40.9 Å². The van der Waals surface area contributed by atoms with Gasteiger partial charge >= 0.3 is 0 Å². The van der Waals surface area contributed by atoms with Crippen molar-refractivity contribution in [2.45, 2.75) is 0 Å². The summed E-state index contributed by atoms with van der Waals surface area (Å²) in [5.41, 5.74) is 0.809. The quantitative estimate of drug-likeness (QED) is 0.260. The summed E-state index contributed by atoms with van der Waals surface area (Å²) in [5, 5.41) is 7.67. The summed E-state index contributed by atoms with van der Waals surface area (Å²) in [6.45, 7) is 0. The van der Waals surface area contributed by atoms with Gasteiger partial charge in [-0.2, -0.15) is 0 Å².